The lowest BCUT2D eigenvalue weighted by molar-refractivity contribution is 0.102. The minimum Gasteiger partial charge on any atom is -0.322 e. The standard InChI is InChI=1S/C19H20N4OS/c1-4-13(3)22-23-19-21-16-9-8-15(11-17(16)25-19)20-18(24)14-7-5-6-12(2)10-14/h5-11H,4H2,1-3H3,(H,20,24)(H,21,23)/b22-13-. The summed E-state index contributed by atoms with van der Waals surface area (Å²) in [5.41, 5.74) is 7.34. The molecule has 6 heteroatoms. The summed E-state index contributed by atoms with van der Waals surface area (Å²) in [4.78, 5) is 16.9. The van der Waals surface area contributed by atoms with Gasteiger partial charge in [0.2, 0.25) is 5.13 Å². The average Bonchev–Trinajstić information content (AvgIpc) is 3.01. The van der Waals surface area contributed by atoms with Crippen LogP contribution in [0.5, 0.6) is 0 Å². The Morgan fingerprint density at radius 1 is 1.24 bits per heavy atom. The molecule has 0 unspecified atom stereocenters. The maximum absolute atomic E-state index is 12.4. The fourth-order valence-electron chi connectivity index (χ4n) is 2.26. The minimum atomic E-state index is -0.117. The normalized spacial score (nSPS) is 11.6. The maximum Gasteiger partial charge on any atom is 0.255 e. The zero-order chi connectivity index (χ0) is 17.8. The number of aryl methyl sites for hydroxylation is 1. The van der Waals surface area contributed by atoms with Crippen LogP contribution >= 0.6 is 11.3 Å². The lowest BCUT2D eigenvalue weighted by Crippen LogP contribution is -2.11. The number of nitrogens with zero attached hydrogens (tertiary/aromatic N) is 2. The summed E-state index contributed by atoms with van der Waals surface area (Å²) in [6.07, 6.45) is 0.896. The van der Waals surface area contributed by atoms with E-state index in [1.807, 2.05) is 56.3 Å². The molecular formula is C19H20N4OS. The average molecular weight is 352 g/mol. The first kappa shape index (κ1) is 17.1. The summed E-state index contributed by atoms with van der Waals surface area (Å²) < 4.78 is 0.994. The third kappa shape index (κ3) is 4.22. The van der Waals surface area contributed by atoms with Crippen molar-refractivity contribution in [2.75, 3.05) is 10.7 Å². The molecule has 0 aliphatic heterocycles. The van der Waals surface area contributed by atoms with Crippen LogP contribution in [0.1, 0.15) is 36.2 Å². The second-order valence-corrected chi connectivity index (χ2v) is 6.87. The molecule has 1 heterocycles. The van der Waals surface area contributed by atoms with Crippen molar-refractivity contribution in [3.8, 4) is 0 Å². The number of thiazole rings is 1. The van der Waals surface area contributed by atoms with Gasteiger partial charge < -0.3 is 5.32 Å². The van der Waals surface area contributed by atoms with E-state index in [1.54, 1.807) is 0 Å². The monoisotopic (exact) mass is 352 g/mol. The van der Waals surface area contributed by atoms with Gasteiger partial charge in [0.25, 0.3) is 5.91 Å². The summed E-state index contributed by atoms with van der Waals surface area (Å²) in [7, 11) is 0. The summed E-state index contributed by atoms with van der Waals surface area (Å²) in [6.45, 7) is 6.00. The van der Waals surface area contributed by atoms with Crippen molar-refractivity contribution < 1.29 is 4.79 Å². The molecule has 25 heavy (non-hydrogen) atoms. The van der Waals surface area contributed by atoms with Crippen LogP contribution in [-0.4, -0.2) is 16.6 Å². The zero-order valence-electron chi connectivity index (χ0n) is 14.5. The van der Waals surface area contributed by atoms with Gasteiger partial charge in [-0.3, -0.25) is 10.2 Å². The number of amides is 1. The van der Waals surface area contributed by atoms with Crippen LogP contribution < -0.4 is 10.7 Å². The Hall–Kier alpha value is -2.73. The quantitative estimate of drug-likeness (QED) is 0.498. The van der Waals surface area contributed by atoms with E-state index in [2.05, 4.69) is 27.8 Å². The topological polar surface area (TPSA) is 66.4 Å². The molecule has 1 aromatic heterocycles. The van der Waals surface area contributed by atoms with Gasteiger partial charge in [0, 0.05) is 17.0 Å². The number of rotatable bonds is 5. The van der Waals surface area contributed by atoms with Gasteiger partial charge in [-0.05, 0) is 50.6 Å². The number of anilines is 2. The van der Waals surface area contributed by atoms with Gasteiger partial charge in [0.1, 0.15) is 0 Å². The second kappa shape index (κ2) is 7.44. The zero-order valence-corrected chi connectivity index (χ0v) is 15.3. The van der Waals surface area contributed by atoms with Gasteiger partial charge >= 0.3 is 0 Å². The molecule has 5 nitrogen and oxygen atoms in total. The van der Waals surface area contributed by atoms with Gasteiger partial charge in [-0.2, -0.15) is 5.10 Å². The molecule has 1 amide bonds. The van der Waals surface area contributed by atoms with E-state index in [9.17, 15) is 4.79 Å². The van der Waals surface area contributed by atoms with Crippen molar-refractivity contribution in [1.82, 2.24) is 4.98 Å². The van der Waals surface area contributed by atoms with E-state index in [0.717, 1.165) is 38.7 Å². The molecule has 0 saturated heterocycles. The minimum absolute atomic E-state index is 0.117. The Morgan fingerprint density at radius 2 is 2.08 bits per heavy atom. The molecule has 0 fully saturated rings. The molecule has 0 saturated carbocycles. The van der Waals surface area contributed by atoms with Gasteiger partial charge in [-0.25, -0.2) is 4.98 Å². The Bertz CT molecular complexity index is 946. The first-order valence-corrected chi connectivity index (χ1v) is 8.94. The highest BCUT2D eigenvalue weighted by Gasteiger charge is 2.08. The number of fused-ring (bicyclic) bond motifs is 1. The molecule has 128 valence electrons. The van der Waals surface area contributed by atoms with Crippen LogP contribution in [0, 0.1) is 6.92 Å². The fourth-order valence-corrected chi connectivity index (χ4v) is 3.11. The highest BCUT2D eigenvalue weighted by molar-refractivity contribution is 7.22. The smallest absolute Gasteiger partial charge is 0.255 e. The summed E-state index contributed by atoms with van der Waals surface area (Å²) >= 11 is 1.51. The van der Waals surface area contributed by atoms with Gasteiger partial charge in [0.15, 0.2) is 0 Å². The van der Waals surface area contributed by atoms with Crippen molar-refractivity contribution in [2.24, 2.45) is 5.10 Å². The summed E-state index contributed by atoms with van der Waals surface area (Å²) in [6, 6.07) is 13.2. The molecule has 0 aliphatic rings. The molecule has 0 radical (unpaired) electrons. The van der Waals surface area contributed by atoms with Crippen LogP contribution in [0.2, 0.25) is 0 Å². The lowest BCUT2D eigenvalue weighted by atomic mass is 10.1. The summed E-state index contributed by atoms with van der Waals surface area (Å²) in [5.74, 6) is -0.117. The number of hydrogen-bond acceptors (Lipinski definition) is 5. The molecule has 0 aliphatic carbocycles. The third-order valence-electron chi connectivity index (χ3n) is 3.78. The predicted molar refractivity (Wildman–Crippen MR) is 106 cm³/mol. The van der Waals surface area contributed by atoms with Crippen LogP contribution in [0.4, 0.5) is 10.8 Å². The Balaban J connectivity index is 1.78. The Morgan fingerprint density at radius 3 is 2.84 bits per heavy atom. The third-order valence-corrected chi connectivity index (χ3v) is 4.70. The van der Waals surface area contributed by atoms with Crippen molar-refractivity contribution in [3.05, 3.63) is 53.6 Å². The Labute approximate surface area is 150 Å². The molecule has 2 aromatic carbocycles. The molecule has 0 atom stereocenters. The van der Waals surface area contributed by atoms with Crippen molar-refractivity contribution in [1.29, 1.82) is 0 Å². The Kier molecular flexibility index (Phi) is 5.09. The van der Waals surface area contributed by atoms with Crippen LogP contribution in [0.3, 0.4) is 0 Å². The van der Waals surface area contributed by atoms with Crippen LogP contribution in [0.15, 0.2) is 47.6 Å². The molecule has 0 spiro atoms. The SMILES string of the molecule is CC/C(C)=N\Nc1nc2ccc(NC(=O)c3cccc(C)c3)cc2s1. The fraction of sp³-hybridized carbons (Fsp3) is 0.211. The van der Waals surface area contributed by atoms with E-state index in [4.69, 9.17) is 0 Å². The van der Waals surface area contributed by atoms with Gasteiger partial charge in [-0.15, -0.1) is 0 Å². The largest absolute Gasteiger partial charge is 0.322 e. The number of nitrogens with one attached hydrogen (secondary N) is 2. The molecule has 3 aromatic rings. The molecule has 3 rings (SSSR count). The number of benzene rings is 2. The lowest BCUT2D eigenvalue weighted by Gasteiger charge is -2.05. The number of hydrogen-bond donors (Lipinski definition) is 2. The number of carbonyl (C=O) groups excluding carboxylic acids is 1. The second-order valence-electron chi connectivity index (χ2n) is 5.84. The van der Waals surface area contributed by atoms with Gasteiger partial charge in [-0.1, -0.05) is 36.0 Å². The highest BCUT2D eigenvalue weighted by Crippen LogP contribution is 2.28. The summed E-state index contributed by atoms with van der Waals surface area (Å²) in [5, 5.41) is 7.95. The van der Waals surface area contributed by atoms with E-state index in [-0.39, 0.29) is 5.91 Å². The van der Waals surface area contributed by atoms with E-state index in [1.165, 1.54) is 11.3 Å². The number of hydrazone groups is 1. The van der Waals surface area contributed by atoms with Gasteiger partial charge in [0.05, 0.1) is 10.2 Å². The highest BCUT2D eigenvalue weighted by atomic mass is 32.1. The maximum atomic E-state index is 12.4. The number of aromatic nitrogens is 1. The van der Waals surface area contributed by atoms with Crippen molar-refractivity contribution in [2.45, 2.75) is 27.2 Å². The van der Waals surface area contributed by atoms with Crippen LogP contribution in [-0.2, 0) is 0 Å². The van der Waals surface area contributed by atoms with Crippen LogP contribution in [0.25, 0.3) is 10.2 Å². The molecule has 2 N–H and O–H groups in total. The first-order valence-electron chi connectivity index (χ1n) is 8.13. The predicted octanol–water partition coefficient (Wildman–Crippen LogP) is 5.05. The molecule has 0 bridgehead atoms. The van der Waals surface area contributed by atoms with Crippen molar-refractivity contribution in [3.63, 3.8) is 0 Å². The van der Waals surface area contributed by atoms with E-state index in [0.29, 0.717) is 5.56 Å². The van der Waals surface area contributed by atoms with Crippen molar-refractivity contribution >= 4 is 44.0 Å². The van der Waals surface area contributed by atoms with E-state index >= 15 is 0 Å². The first-order chi connectivity index (χ1) is 12.0. The van der Waals surface area contributed by atoms with E-state index < -0.39 is 0 Å². The molecular weight excluding hydrogens is 332 g/mol. The number of carbonyl (C=O) groups is 1.